The molecule has 0 saturated heterocycles. The summed E-state index contributed by atoms with van der Waals surface area (Å²) in [5, 5.41) is 3.37. The van der Waals surface area contributed by atoms with E-state index in [-0.39, 0.29) is 11.9 Å². The van der Waals surface area contributed by atoms with E-state index in [2.05, 4.69) is 19.2 Å². The minimum Gasteiger partial charge on any atom is -0.379 e. The summed E-state index contributed by atoms with van der Waals surface area (Å²) in [5.41, 5.74) is 5.01. The van der Waals surface area contributed by atoms with Crippen molar-refractivity contribution in [2.75, 3.05) is 13.2 Å². The topological polar surface area (TPSA) is 64.3 Å². The fourth-order valence-corrected chi connectivity index (χ4v) is 2.98. The Balaban J connectivity index is 1.83. The molecule has 0 aromatic carbocycles. The Hall–Kier alpha value is -0.610. The molecule has 3 N–H and O–H groups in total. The van der Waals surface area contributed by atoms with E-state index in [0.717, 1.165) is 31.8 Å². The lowest BCUT2D eigenvalue weighted by molar-refractivity contribution is -0.128. The normalized spacial score (nSPS) is 23.1. The summed E-state index contributed by atoms with van der Waals surface area (Å²) in [7, 11) is 0. The zero-order valence-corrected chi connectivity index (χ0v) is 12.3. The molecule has 2 saturated carbocycles. The Morgan fingerprint density at radius 2 is 2.05 bits per heavy atom. The molecule has 0 aliphatic heterocycles. The lowest BCUT2D eigenvalue weighted by Gasteiger charge is -2.34. The highest BCUT2D eigenvalue weighted by Gasteiger charge is 2.50. The average Bonchev–Trinajstić information content (AvgIpc) is 3.07. The van der Waals surface area contributed by atoms with Crippen LogP contribution in [0, 0.1) is 11.8 Å². The van der Waals surface area contributed by atoms with Crippen LogP contribution >= 0.6 is 0 Å². The van der Waals surface area contributed by atoms with Crippen LogP contribution in [0.1, 0.15) is 52.4 Å². The number of amides is 1. The van der Waals surface area contributed by atoms with Crippen molar-refractivity contribution in [2.24, 2.45) is 17.6 Å². The monoisotopic (exact) mass is 268 g/mol. The van der Waals surface area contributed by atoms with Gasteiger partial charge in [-0.15, -0.1) is 0 Å². The number of rotatable bonds is 9. The maximum Gasteiger partial charge on any atom is 0.240 e. The van der Waals surface area contributed by atoms with Crippen LogP contribution in [0.2, 0.25) is 0 Å². The first-order chi connectivity index (χ1) is 9.04. The van der Waals surface area contributed by atoms with Gasteiger partial charge < -0.3 is 10.5 Å². The van der Waals surface area contributed by atoms with Crippen LogP contribution in [0.3, 0.4) is 0 Å². The van der Waals surface area contributed by atoms with Gasteiger partial charge >= 0.3 is 0 Å². The molecule has 110 valence electrons. The van der Waals surface area contributed by atoms with E-state index < -0.39 is 5.54 Å². The third-order valence-electron chi connectivity index (χ3n) is 4.49. The molecule has 1 unspecified atom stereocenters. The van der Waals surface area contributed by atoms with Gasteiger partial charge in [0.05, 0.1) is 6.61 Å². The van der Waals surface area contributed by atoms with Gasteiger partial charge in [0.2, 0.25) is 5.91 Å². The minimum atomic E-state index is -0.645. The Morgan fingerprint density at radius 1 is 1.37 bits per heavy atom. The molecule has 4 nitrogen and oxygen atoms in total. The van der Waals surface area contributed by atoms with Gasteiger partial charge in [-0.2, -0.15) is 0 Å². The van der Waals surface area contributed by atoms with Crippen LogP contribution < -0.4 is 11.1 Å². The van der Waals surface area contributed by atoms with Crippen LogP contribution in [-0.4, -0.2) is 30.7 Å². The molecule has 2 fully saturated rings. The third-order valence-corrected chi connectivity index (χ3v) is 4.49. The molecule has 19 heavy (non-hydrogen) atoms. The summed E-state index contributed by atoms with van der Waals surface area (Å²) in [5.74, 6) is 0.949. The number of nitrogens with two attached hydrogens (primary N) is 1. The number of carbonyl (C=O) groups excluding carboxylic acids is 1. The second-order valence-corrected chi connectivity index (χ2v) is 6.55. The second-order valence-electron chi connectivity index (χ2n) is 6.55. The van der Waals surface area contributed by atoms with Gasteiger partial charge in [-0.3, -0.25) is 10.1 Å². The number of ether oxygens (including phenoxy) is 1. The summed E-state index contributed by atoms with van der Waals surface area (Å²) >= 11 is 0. The van der Waals surface area contributed by atoms with Crippen molar-refractivity contribution >= 4 is 5.91 Å². The van der Waals surface area contributed by atoms with Crippen molar-refractivity contribution in [3.8, 4) is 0 Å². The largest absolute Gasteiger partial charge is 0.379 e. The van der Waals surface area contributed by atoms with Gasteiger partial charge in [0, 0.05) is 12.6 Å². The second kappa shape index (κ2) is 6.23. The fraction of sp³-hybridized carbons (Fsp3) is 0.933. The third kappa shape index (κ3) is 3.69. The Labute approximate surface area is 116 Å². The number of primary amides is 1. The smallest absolute Gasteiger partial charge is 0.240 e. The highest BCUT2D eigenvalue weighted by atomic mass is 16.5. The molecule has 0 bridgehead atoms. The number of hydrogen-bond acceptors (Lipinski definition) is 3. The highest BCUT2D eigenvalue weighted by molar-refractivity contribution is 5.85. The van der Waals surface area contributed by atoms with E-state index in [1.54, 1.807) is 0 Å². The van der Waals surface area contributed by atoms with Crippen LogP contribution in [0.25, 0.3) is 0 Å². The standard InChI is InChI=1S/C15H28N2O2/c1-11(2)17-15(14(16)18,13-6-7-13)10-19-9-8-12-4-3-5-12/h11-13,17H,3-10H2,1-2H3,(H2,16,18). The molecule has 0 radical (unpaired) electrons. The first kappa shape index (κ1) is 14.8. The highest BCUT2D eigenvalue weighted by Crippen LogP contribution is 2.40. The van der Waals surface area contributed by atoms with Crippen LogP contribution in [0.15, 0.2) is 0 Å². The maximum absolute atomic E-state index is 11.9. The molecule has 0 aromatic rings. The van der Waals surface area contributed by atoms with E-state index in [4.69, 9.17) is 10.5 Å². The molecule has 0 aromatic heterocycles. The number of hydrogen-bond donors (Lipinski definition) is 2. The Morgan fingerprint density at radius 3 is 2.47 bits per heavy atom. The van der Waals surface area contributed by atoms with Crippen LogP contribution in [0.4, 0.5) is 0 Å². The number of nitrogens with one attached hydrogen (secondary N) is 1. The minimum absolute atomic E-state index is 0.239. The van der Waals surface area contributed by atoms with Gasteiger partial charge in [0.1, 0.15) is 5.54 Å². The SMILES string of the molecule is CC(C)NC(COCCC1CCC1)(C(N)=O)C1CC1. The van der Waals surface area contributed by atoms with Crippen molar-refractivity contribution in [3.05, 3.63) is 0 Å². The maximum atomic E-state index is 11.9. The molecule has 1 atom stereocenters. The van der Waals surface area contributed by atoms with E-state index in [1.807, 2.05) is 0 Å². The van der Waals surface area contributed by atoms with E-state index >= 15 is 0 Å². The summed E-state index contributed by atoms with van der Waals surface area (Å²) < 4.78 is 5.81. The first-order valence-corrected chi connectivity index (χ1v) is 7.70. The Kier molecular flexibility index (Phi) is 4.85. The lowest BCUT2D eigenvalue weighted by atomic mass is 9.83. The van der Waals surface area contributed by atoms with Gasteiger partial charge in [0.25, 0.3) is 0 Å². The van der Waals surface area contributed by atoms with Crippen LogP contribution in [0.5, 0.6) is 0 Å². The summed E-state index contributed by atoms with van der Waals surface area (Å²) in [6.45, 7) is 5.28. The predicted octanol–water partition coefficient (Wildman–Crippen LogP) is 1.83. The lowest BCUT2D eigenvalue weighted by Crippen LogP contribution is -2.62. The van der Waals surface area contributed by atoms with E-state index in [0.29, 0.717) is 12.5 Å². The Bertz CT molecular complexity index is 311. The zero-order chi connectivity index (χ0) is 13.9. The van der Waals surface area contributed by atoms with Crippen molar-refractivity contribution in [2.45, 2.75) is 64.0 Å². The van der Waals surface area contributed by atoms with Gasteiger partial charge in [0.15, 0.2) is 0 Å². The van der Waals surface area contributed by atoms with Crippen LogP contribution in [-0.2, 0) is 9.53 Å². The van der Waals surface area contributed by atoms with E-state index in [1.165, 1.54) is 19.3 Å². The molecule has 2 aliphatic carbocycles. The predicted molar refractivity (Wildman–Crippen MR) is 75.7 cm³/mol. The molecule has 2 rings (SSSR count). The van der Waals surface area contributed by atoms with Crippen molar-refractivity contribution in [3.63, 3.8) is 0 Å². The fourth-order valence-electron chi connectivity index (χ4n) is 2.98. The molecular formula is C15H28N2O2. The molecule has 1 amide bonds. The van der Waals surface area contributed by atoms with Crippen molar-refractivity contribution < 1.29 is 9.53 Å². The zero-order valence-electron chi connectivity index (χ0n) is 12.3. The molecule has 2 aliphatic rings. The summed E-state index contributed by atoms with van der Waals surface area (Å²) in [4.78, 5) is 11.9. The van der Waals surface area contributed by atoms with Gasteiger partial charge in [-0.1, -0.05) is 19.3 Å². The van der Waals surface area contributed by atoms with Gasteiger partial charge in [-0.25, -0.2) is 0 Å². The van der Waals surface area contributed by atoms with Crippen molar-refractivity contribution in [1.29, 1.82) is 0 Å². The summed E-state index contributed by atoms with van der Waals surface area (Å²) in [6, 6.07) is 0.239. The molecule has 0 heterocycles. The molecular weight excluding hydrogens is 240 g/mol. The first-order valence-electron chi connectivity index (χ1n) is 7.70. The number of carbonyl (C=O) groups is 1. The molecule has 4 heteroatoms. The average molecular weight is 268 g/mol. The van der Waals surface area contributed by atoms with Crippen molar-refractivity contribution in [1.82, 2.24) is 5.32 Å². The summed E-state index contributed by atoms with van der Waals surface area (Å²) in [6.07, 6.45) is 7.34. The molecule has 0 spiro atoms. The quantitative estimate of drug-likeness (QED) is 0.627. The van der Waals surface area contributed by atoms with E-state index in [9.17, 15) is 4.79 Å². The van der Waals surface area contributed by atoms with Gasteiger partial charge in [-0.05, 0) is 44.9 Å².